The van der Waals surface area contributed by atoms with E-state index in [-0.39, 0.29) is 5.56 Å². The summed E-state index contributed by atoms with van der Waals surface area (Å²) in [5, 5.41) is 2.94. The van der Waals surface area contributed by atoms with Crippen LogP contribution in [0.25, 0.3) is 10.1 Å². The Morgan fingerprint density at radius 1 is 1.50 bits per heavy atom. The maximum absolute atomic E-state index is 13.2. The zero-order valence-corrected chi connectivity index (χ0v) is 9.05. The second kappa shape index (κ2) is 3.71. The number of halogens is 1. The van der Waals surface area contributed by atoms with E-state index in [0.29, 0.717) is 6.29 Å². The standard InChI is InChI=1S/C10H7FOS2/c1-13-10-5-14-9-3-8(11)6(4-12)2-7(9)10/h2-5H,1H3. The zero-order valence-electron chi connectivity index (χ0n) is 7.41. The fraction of sp³-hybridized carbons (Fsp3) is 0.100. The summed E-state index contributed by atoms with van der Waals surface area (Å²) in [5.41, 5.74) is 0.131. The van der Waals surface area contributed by atoms with Crippen LogP contribution in [-0.2, 0) is 0 Å². The highest BCUT2D eigenvalue weighted by molar-refractivity contribution is 7.99. The summed E-state index contributed by atoms with van der Waals surface area (Å²) < 4.78 is 14.1. The highest BCUT2D eigenvalue weighted by Crippen LogP contribution is 2.33. The first-order chi connectivity index (χ1) is 6.76. The molecule has 2 rings (SSSR count). The van der Waals surface area contributed by atoms with Gasteiger partial charge < -0.3 is 0 Å². The van der Waals surface area contributed by atoms with Crippen LogP contribution in [0, 0.1) is 5.82 Å². The Morgan fingerprint density at radius 3 is 2.93 bits per heavy atom. The zero-order chi connectivity index (χ0) is 10.1. The number of carbonyl (C=O) groups excluding carboxylic acids is 1. The van der Waals surface area contributed by atoms with Gasteiger partial charge in [-0.1, -0.05) is 0 Å². The second-order valence-electron chi connectivity index (χ2n) is 2.79. The molecule has 0 amide bonds. The molecular weight excluding hydrogens is 219 g/mol. The number of rotatable bonds is 2. The van der Waals surface area contributed by atoms with E-state index in [9.17, 15) is 9.18 Å². The lowest BCUT2D eigenvalue weighted by atomic mass is 10.2. The van der Waals surface area contributed by atoms with Crippen LogP contribution in [0.1, 0.15) is 10.4 Å². The van der Waals surface area contributed by atoms with Crippen molar-refractivity contribution in [3.63, 3.8) is 0 Å². The minimum absolute atomic E-state index is 0.131. The van der Waals surface area contributed by atoms with E-state index in [4.69, 9.17) is 0 Å². The highest BCUT2D eigenvalue weighted by atomic mass is 32.2. The fourth-order valence-corrected chi connectivity index (χ4v) is 3.10. The summed E-state index contributed by atoms with van der Waals surface area (Å²) in [6.45, 7) is 0. The first kappa shape index (κ1) is 9.68. The van der Waals surface area contributed by atoms with Crippen LogP contribution in [0.5, 0.6) is 0 Å². The maximum Gasteiger partial charge on any atom is 0.153 e. The number of aldehydes is 1. The van der Waals surface area contributed by atoms with Crippen LogP contribution in [0.4, 0.5) is 4.39 Å². The molecule has 0 aliphatic heterocycles. The quantitative estimate of drug-likeness (QED) is 0.575. The van der Waals surface area contributed by atoms with Gasteiger partial charge in [0.15, 0.2) is 6.29 Å². The van der Waals surface area contributed by atoms with Crippen LogP contribution in [0.2, 0.25) is 0 Å². The van der Waals surface area contributed by atoms with Gasteiger partial charge in [-0.25, -0.2) is 4.39 Å². The Morgan fingerprint density at radius 2 is 2.29 bits per heavy atom. The van der Waals surface area contributed by atoms with Crippen molar-refractivity contribution in [3.05, 3.63) is 28.9 Å². The van der Waals surface area contributed by atoms with E-state index in [0.717, 1.165) is 15.0 Å². The predicted molar refractivity (Wildman–Crippen MR) is 59.0 cm³/mol. The van der Waals surface area contributed by atoms with Gasteiger partial charge in [0.05, 0.1) is 5.56 Å². The van der Waals surface area contributed by atoms with Gasteiger partial charge in [0.1, 0.15) is 5.82 Å². The van der Waals surface area contributed by atoms with Crippen molar-refractivity contribution in [3.8, 4) is 0 Å². The molecule has 14 heavy (non-hydrogen) atoms. The average molecular weight is 226 g/mol. The lowest BCUT2D eigenvalue weighted by Gasteiger charge is -1.97. The minimum atomic E-state index is -0.443. The smallest absolute Gasteiger partial charge is 0.153 e. The molecule has 4 heteroatoms. The first-order valence-corrected chi connectivity index (χ1v) is 6.06. The van der Waals surface area contributed by atoms with E-state index in [1.165, 1.54) is 17.4 Å². The van der Waals surface area contributed by atoms with Gasteiger partial charge in [-0.15, -0.1) is 23.1 Å². The van der Waals surface area contributed by atoms with E-state index in [2.05, 4.69) is 0 Å². The molecule has 1 aromatic heterocycles. The van der Waals surface area contributed by atoms with Crippen LogP contribution >= 0.6 is 23.1 Å². The van der Waals surface area contributed by atoms with Gasteiger partial charge in [-0.05, 0) is 18.4 Å². The lowest BCUT2D eigenvalue weighted by Crippen LogP contribution is -1.85. The molecule has 0 atom stereocenters. The third-order valence-corrected chi connectivity index (χ3v) is 3.88. The molecule has 0 radical (unpaired) electrons. The summed E-state index contributed by atoms with van der Waals surface area (Å²) >= 11 is 3.10. The van der Waals surface area contributed by atoms with E-state index >= 15 is 0 Å². The van der Waals surface area contributed by atoms with E-state index in [1.807, 2.05) is 11.6 Å². The topological polar surface area (TPSA) is 17.1 Å². The molecule has 1 aromatic carbocycles. The van der Waals surface area contributed by atoms with Crippen molar-refractivity contribution >= 4 is 39.5 Å². The molecule has 0 N–H and O–H groups in total. The van der Waals surface area contributed by atoms with Crippen LogP contribution in [0.15, 0.2) is 22.4 Å². The van der Waals surface area contributed by atoms with Crippen molar-refractivity contribution in [2.24, 2.45) is 0 Å². The fourth-order valence-electron chi connectivity index (χ4n) is 1.29. The Labute approximate surface area is 88.9 Å². The Bertz CT molecular complexity index is 490. The summed E-state index contributed by atoms with van der Waals surface area (Å²) in [4.78, 5) is 11.6. The van der Waals surface area contributed by atoms with Gasteiger partial charge in [-0.2, -0.15) is 0 Å². The van der Waals surface area contributed by atoms with Crippen molar-refractivity contribution in [2.75, 3.05) is 6.26 Å². The van der Waals surface area contributed by atoms with Gasteiger partial charge in [-0.3, -0.25) is 4.79 Å². The van der Waals surface area contributed by atoms with Crippen molar-refractivity contribution in [1.29, 1.82) is 0 Å². The largest absolute Gasteiger partial charge is 0.298 e. The normalized spacial score (nSPS) is 10.7. The number of carbonyl (C=O) groups is 1. The molecule has 2 aromatic rings. The van der Waals surface area contributed by atoms with Crippen LogP contribution in [0.3, 0.4) is 0 Å². The molecule has 0 spiro atoms. The maximum atomic E-state index is 13.2. The van der Waals surface area contributed by atoms with Gasteiger partial charge in [0.25, 0.3) is 0 Å². The average Bonchev–Trinajstić information content (AvgIpc) is 2.58. The van der Waals surface area contributed by atoms with Crippen LogP contribution < -0.4 is 0 Å². The molecule has 0 saturated heterocycles. The van der Waals surface area contributed by atoms with Gasteiger partial charge in [0, 0.05) is 20.4 Å². The molecule has 1 nitrogen and oxygen atoms in total. The second-order valence-corrected chi connectivity index (χ2v) is 4.55. The van der Waals surface area contributed by atoms with E-state index < -0.39 is 5.82 Å². The van der Waals surface area contributed by atoms with Gasteiger partial charge >= 0.3 is 0 Å². The third kappa shape index (κ3) is 1.44. The molecule has 72 valence electrons. The van der Waals surface area contributed by atoms with Crippen LogP contribution in [-0.4, -0.2) is 12.5 Å². The van der Waals surface area contributed by atoms with Crippen molar-refractivity contribution in [1.82, 2.24) is 0 Å². The Balaban J connectivity index is 2.76. The number of hydrogen-bond donors (Lipinski definition) is 0. The number of thioether (sulfide) groups is 1. The predicted octanol–water partition coefficient (Wildman–Crippen LogP) is 3.57. The molecule has 1 heterocycles. The number of thiophene rings is 1. The molecule has 0 bridgehead atoms. The first-order valence-electron chi connectivity index (χ1n) is 3.96. The molecule has 0 unspecified atom stereocenters. The van der Waals surface area contributed by atoms with Crippen molar-refractivity contribution in [2.45, 2.75) is 4.90 Å². The molecule has 0 aliphatic carbocycles. The number of benzene rings is 1. The number of hydrogen-bond acceptors (Lipinski definition) is 3. The molecular formula is C10H7FOS2. The minimum Gasteiger partial charge on any atom is -0.298 e. The third-order valence-electron chi connectivity index (χ3n) is 2.00. The lowest BCUT2D eigenvalue weighted by molar-refractivity contribution is 0.112. The SMILES string of the molecule is CSc1csc2cc(F)c(C=O)cc12. The van der Waals surface area contributed by atoms with Crippen molar-refractivity contribution < 1.29 is 9.18 Å². The monoisotopic (exact) mass is 226 g/mol. The molecule has 0 aliphatic rings. The van der Waals surface area contributed by atoms with E-state index in [1.54, 1.807) is 17.8 Å². The summed E-state index contributed by atoms with van der Waals surface area (Å²) in [6.07, 6.45) is 2.52. The van der Waals surface area contributed by atoms with Gasteiger partial charge in [0.2, 0.25) is 0 Å². The summed E-state index contributed by atoms with van der Waals surface area (Å²) in [7, 11) is 0. The molecule has 0 saturated carbocycles. The molecule has 0 fully saturated rings. The number of fused-ring (bicyclic) bond motifs is 1. The Kier molecular flexibility index (Phi) is 2.56. The summed E-state index contributed by atoms with van der Waals surface area (Å²) in [6, 6.07) is 3.03. The highest BCUT2D eigenvalue weighted by Gasteiger charge is 2.08. The Hall–Kier alpha value is -0.870. The summed E-state index contributed by atoms with van der Waals surface area (Å²) in [5.74, 6) is -0.443.